The highest BCUT2D eigenvalue weighted by Gasteiger charge is 2.31. The van der Waals surface area contributed by atoms with E-state index in [4.69, 9.17) is 0 Å². The summed E-state index contributed by atoms with van der Waals surface area (Å²) in [6, 6.07) is 0.209. The van der Waals surface area contributed by atoms with Crippen LogP contribution in [0.3, 0.4) is 0 Å². The van der Waals surface area contributed by atoms with E-state index in [1.807, 2.05) is 0 Å². The summed E-state index contributed by atoms with van der Waals surface area (Å²) in [4.78, 5) is 0. The van der Waals surface area contributed by atoms with E-state index >= 15 is 0 Å². The lowest BCUT2D eigenvalue weighted by Crippen LogP contribution is -2.47. The van der Waals surface area contributed by atoms with Gasteiger partial charge in [-0.1, -0.05) is 33.6 Å². The maximum atomic E-state index is 12.7. The molecular weight excluding hydrogens is 260 g/mol. The molecule has 4 nitrogen and oxygen atoms in total. The minimum Gasteiger partial charge on any atom is -0.317 e. The number of rotatable bonds is 8. The third kappa shape index (κ3) is 5.04. The standard InChI is InChI=1S/C14H30N2O2S/c1-4-11-16(14-7-9-15-10-8-14)19(17,18)12-13(5-2)6-3/h13-15H,4-12H2,1-3H3. The molecule has 0 aromatic heterocycles. The monoisotopic (exact) mass is 290 g/mol. The van der Waals surface area contributed by atoms with Crippen LogP contribution in [0.15, 0.2) is 0 Å². The molecule has 1 aliphatic rings. The molecule has 1 saturated heterocycles. The Balaban J connectivity index is 2.77. The molecule has 0 aromatic carbocycles. The van der Waals surface area contributed by atoms with Crippen LogP contribution in [0.1, 0.15) is 52.9 Å². The van der Waals surface area contributed by atoms with Gasteiger partial charge in [0.25, 0.3) is 0 Å². The molecule has 0 radical (unpaired) electrons. The first-order valence-electron chi connectivity index (χ1n) is 7.75. The zero-order valence-corrected chi connectivity index (χ0v) is 13.5. The van der Waals surface area contributed by atoms with Gasteiger partial charge in [-0.15, -0.1) is 0 Å². The van der Waals surface area contributed by atoms with Gasteiger partial charge < -0.3 is 5.32 Å². The van der Waals surface area contributed by atoms with Crippen molar-refractivity contribution in [3.8, 4) is 0 Å². The average Bonchev–Trinajstić information content (AvgIpc) is 2.43. The van der Waals surface area contributed by atoms with Gasteiger partial charge in [0.1, 0.15) is 0 Å². The lowest BCUT2D eigenvalue weighted by Gasteiger charge is -2.34. The Hall–Kier alpha value is -0.130. The summed E-state index contributed by atoms with van der Waals surface area (Å²) in [5.74, 6) is 0.621. The van der Waals surface area contributed by atoms with E-state index in [1.165, 1.54) is 0 Å². The topological polar surface area (TPSA) is 49.4 Å². The maximum Gasteiger partial charge on any atom is 0.214 e. The number of hydrogen-bond donors (Lipinski definition) is 1. The van der Waals surface area contributed by atoms with Crippen molar-refractivity contribution >= 4 is 10.0 Å². The van der Waals surface area contributed by atoms with Gasteiger partial charge >= 0.3 is 0 Å². The summed E-state index contributed by atoms with van der Waals surface area (Å²) in [7, 11) is -3.10. The largest absolute Gasteiger partial charge is 0.317 e. The van der Waals surface area contributed by atoms with Crippen LogP contribution in [0.4, 0.5) is 0 Å². The molecule has 0 aliphatic carbocycles. The lowest BCUT2D eigenvalue weighted by molar-refractivity contribution is 0.260. The van der Waals surface area contributed by atoms with Crippen molar-refractivity contribution in [2.45, 2.75) is 58.9 Å². The molecule has 1 fully saturated rings. The molecule has 1 heterocycles. The molecule has 1 N–H and O–H groups in total. The molecule has 0 unspecified atom stereocenters. The number of sulfonamides is 1. The van der Waals surface area contributed by atoms with Crippen molar-refractivity contribution in [2.75, 3.05) is 25.4 Å². The molecule has 0 aromatic rings. The second-order valence-electron chi connectivity index (χ2n) is 5.55. The number of piperidine rings is 1. The Morgan fingerprint density at radius 2 is 1.74 bits per heavy atom. The van der Waals surface area contributed by atoms with Gasteiger partial charge in [-0.3, -0.25) is 0 Å². The van der Waals surface area contributed by atoms with Gasteiger partial charge in [0.2, 0.25) is 10.0 Å². The quantitative estimate of drug-likeness (QED) is 0.745. The van der Waals surface area contributed by atoms with Gasteiger partial charge in [-0.05, 0) is 38.3 Å². The molecule has 0 atom stereocenters. The predicted octanol–water partition coefficient (Wildman–Crippen LogP) is 2.22. The molecule has 19 heavy (non-hydrogen) atoms. The average molecular weight is 290 g/mol. The van der Waals surface area contributed by atoms with Crippen LogP contribution < -0.4 is 5.32 Å². The summed E-state index contributed by atoms with van der Waals surface area (Å²) in [6.07, 6.45) is 4.68. The summed E-state index contributed by atoms with van der Waals surface area (Å²) in [5.41, 5.74) is 0. The minimum atomic E-state index is -3.10. The van der Waals surface area contributed by atoms with Crippen molar-refractivity contribution in [3.63, 3.8) is 0 Å². The third-order valence-corrected chi connectivity index (χ3v) is 6.21. The number of nitrogens with one attached hydrogen (secondary N) is 1. The van der Waals surface area contributed by atoms with Gasteiger partial charge in [-0.2, -0.15) is 4.31 Å². The van der Waals surface area contributed by atoms with E-state index < -0.39 is 10.0 Å². The molecule has 0 saturated carbocycles. The Kier molecular flexibility index (Phi) is 7.32. The Bertz CT molecular complexity index is 333. The normalized spacial score (nSPS) is 18.4. The van der Waals surface area contributed by atoms with E-state index in [0.29, 0.717) is 18.2 Å². The first-order chi connectivity index (χ1) is 9.05. The highest BCUT2D eigenvalue weighted by molar-refractivity contribution is 7.89. The number of hydrogen-bond acceptors (Lipinski definition) is 3. The summed E-state index contributed by atoms with van der Waals surface area (Å²) >= 11 is 0. The number of nitrogens with zero attached hydrogens (tertiary/aromatic N) is 1. The fourth-order valence-electron chi connectivity index (χ4n) is 2.78. The van der Waals surface area contributed by atoms with E-state index in [0.717, 1.165) is 45.2 Å². The van der Waals surface area contributed by atoms with Gasteiger partial charge in [0.15, 0.2) is 0 Å². The highest BCUT2D eigenvalue weighted by Crippen LogP contribution is 2.20. The lowest BCUT2D eigenvalue weighted by atomic mass is 10.1. The van der Waals surface area contributed by atoms with Crippen molar-refractivity contribution in [2.24, 2.45) is 5.92 Å². The summed E-state index contributed by atoms with van der Waals surface area (Å²) in [5, 5.41) is 3.30. The molecule has 0 bridgehead atoms. The smallest absolute Gasteiger partial charge is 0.214 e. The Morgan fingerprint density at radius 1 is 1.16 bits per heavy atom. The molecule has 0 spiro atoms. The molecule has 5 heteroatoms. The van der Waals surface area contributed by atoms with E-state index in [2.05, 4.69) is 26.1 Å². The van der Waals surface area contributed by atoms with Crippen LogP contribution in [0.2, 0.25) is 0 Å². The van der Waals surface area contributed by atoms with Crippen molar-refractivity contribution < 1.29 is 8.42 Å². The van der Waals surface area contributed by atoms with Crippen LogP contribution in [0.5, 0.6) is 0 Å². The summed E-state index contributed by atoms with van der Waals surface area (Å²) in [6.45, 7) is 8.77. The van der Waals surface area contributed by atoms with Crippen LogP contribution in [0.25, 0.3) is 0 Å². The molecule has 1 rings (SSSR count). The molecule has 1 aliphatic heterocycles. The first-order valence-corrected chi connectivity index (χ1v) is 9.36. The van der Waals surface area contributed by atoms with Gasteiger partial charge in [0, 0.05) is 12.6 Å². The van der Waals surface area contributed by atoms with E-state index in [1.54, 1.807) is 4.31 Å². The highest BCUT2D eigenvalue weighted by atomic mass is 32.2. The molecule has 0 amide bonds. The van der Waals surface area contributed by atoms with Crippen LogP contribution in [-0.4, -0.2) is 44.2 Å². The van der Waals surface area contributed by atoms with Gasteiger partial charge in [-0.25, -0.2) is 8.42 Å². The third-order valence-electron chi connectivity index (χ3n) is 4.12. The summed E-state index contributed by atoms with van der Waals surface area (Å²) < 4.78 is 27.1. The minimum absolute atomic E-state index is 0.209. The van der Waals surface area contributed by atoms with Crippen LogP contribution >= 0.6 is 0 Å². The molecular formula is C14H30N2O2S. The molecule has 114 valence electrons. The van der Waals surface area contributed by atoms with E-state index in [9.17, 15) is 8.42 Å². The van der Waals surface area contributed by atoms with Gasteiger partial charge in [0.05, 0.1) is 5.75 Å². The first kappa shape index (κ1) is 16.9. The predicted molar refractivity (Wildman–Crippen MR) is 80.7 cm³/mol. The van der Waals surface area contributed by atoms with Crippen molar-refractivity contribution in [1.82, 2.24) is 9.62 Å². The van der Waals surface area contributed by atoms with Crippen LogP contribution in [-0.2, 0) is 10.0 Å². The van der Waals surface area contributed by atoms with Crippen molar-refractivity contribution in [1.29, 1.82) is 0 Å². The SMILES string of the molecule is CCCN(C1CCNCC1)S(=O)(=O)CC(CC)CC. The maximum absolute atomic E-state index is 12.7. The fraction of sp³-hybridized carbons (Fsp3) is 1.00. The fourth-order valence-corrected chi connectivity index (χ4v) is 5.17. The second-order valence-corrected chi connectivity index (χ2v) is 7.52. The zero-order chi connectivity index (χ0) is 14.3. The van der Waals surface area contributed by atoms with E-state index in [-0.39, 0.29) is 6.04 Å². The zero-order valence-electron chi connectivity index (χ0n) is 12.7. The second kappa shape index (κ2) is 8.22. The van der Waals surface area contributed by atoms with Crippen molar-refractivity contribution in [3.05, 3.63) is 0 Å². The Morgan fingerprint density at radius 3 is 2.21 bits per heavy atom. The van der Waals surface area contributed by atoms with Crippen LogP contribution in [0, 0.1) is 5.92 Å². The Labute approximate surface area is 119 Å².